The van der Waals surface area contributed by atoms with Gasteiger partial charge in [-0.2, -0.15) is 0 Å². The lowest BCUT2D eigenvalue weighted by Crippen LogP contribution is -2.54. The van der Waals surface area contributed by atoms with Crippen LogP contribution in [0.25, 0.3) is 0 Å². The van der Waals surface area contributed by atoms with Crippen molar-refractivity contribution >= 4 is 8.07 Å². The summed E-state index contributed by atoms with van der Waals surface area (Å²) in [5, 5.41) is 1.23. The summed E-state index contributed by atoms with van der Waals surface area (Å²) in [6.07, 6.45) is 11.2. The second-order valence-corrected chi connectivity index (χ2v) is 14.4. The molecule has 0 aromatic carbocycles. The van der Waals surface area contributed by atoms with E-state index in [1.54, 1.807) is 0 Å². The van der Waals surface area contributed by atoms with Gasteiger partial charge in [0.15, 0.2) is 0 Å². The fourth-order valence-corrected chi connectivity index (χ4v) is 20.2. The van der Waals surface area contributed by atoms with Gasteiger partial charge in [0.1, 0.15) is 0 Å². The van der Waals surface area contributed by atoms with Gasteiger partial charge in [-0.05, 0) is 46.6 Å². The first-order chi connectivity index (χ1) is 11.9. The third-order valence-corrected chi connectivity index (χ3v) is 19.1. The van der Waals surface area contributed by atoms with Gasteiger partial charge in [0.2, 0.25) is 0 Å². The smallest absolute Gasteiger partial charge is 0.0665 e. The van der Waals surface area contributed by atoms with Gasteiger partial charge in [-0.3, -0.25) is 0 Å². The summed E-state index contributed by atoms with van der Waals surface area (Å²) >= 11 is 0. The van der Waals surface area contributed by atoms with Gasteiger partial charge in [-0.15, -0.1) is 0 Å². The van der Waals surface area contributed by atoms with E-state index in [-0.39, 0.29) is 0 Å². The van der Waals surface area contributed by atoms with Crippen molar-refractivity contribution in [3.63, 3.8) is 0 Å². The highest BCUT2D eigenvalue weighted by Gasteiger charge is 2.81. The van der Waals surface area contributed by atoms with Gasteiger partial charge in [0.25, 0.3) is 0 Å². The van der Waals surface area contributed by atoms with Crippen molar-refractivity contribution in [1.29, 1.82) is 0 Å². The Morgan fingerprint density at radius 2 is 0.640 bits per heavy atom. The Hall–Kier alpha value is 0.217. The fourth-order valence-electron chi connectivity index (χ4n) is 10.3. The van der Waals surface area contributed by atoms with E-state index >= 15 is 0 Å². The maximum absolute atomic E-state index is 2.59. The largest absolute Gasteiger partial charge is 0.0677 e. The molecule has 1 aliphatic rings. The zero-order valence-corrected chi connectivity index (χ0v) is 20.6. The van der Waals surface area contributed by atoms with Gasteiger partial charge in [0.05, 0.1) is 8.07 Å². The van der Waals surface area contributed by atoms with Gasteiger partial charge >= 0.3 is 0 Å². The summed E-state index contributed by atoms with van der Waals surface area (Å²) in [6, 6.07) is 2.99. The average molecular weight is 367 g/mol. The van der Waals surface area contributed by atoms with Gasteiger partial charge in [-0.1, -0.05) is 107 Å². The Balaban J connectivity index is 4.20. The van der Waals surface area contributed by atoms with Gasteiger partial charge in [0, 0.05) is 0 Å². The van der Waals surface area contributed by atoms with Crippen LogP contribution in [0.1, 0.15) is 121 Å². The van der Waals surface area contributed by atoms with Crippen LogP contribution in [0.5, 0.6) is 0 Å². The van der Waals surface area contributed by atoms with E-state index < -0.39 is 8.07 Å². The molecule has 0 nitrogen and oxygen atoms in total. The van der Waals surface area contributed by atoms with Crippen LogP contribution in [0.4, 0.5) is 0 Å². The standard InChI is InChI=1S/C24H50Si/c1-11-21(12-2)22(13-3,14-4)24(17-7,18-8)25(19-9,20-10)23(21,15-5)16-6/h11-20H2,1-10H3. The molecule has 0 aromatic rings. The maximum atomic E-state index is 2.59. The molecule has 0 N–H and O–H groups in total. The number of rotatable bonds is 10. The highest BCUT2D eigenvalue weighted by atomic mass is 28.3. The normalized spacial score (nSPS) is 25.2. The molecule has 1 aliphatic heterocycles. The van der Waals surface area contributed by atoms with Gasteiger partial charge < -0.3 is 0 Å². The zero-order valence-electron chi connectivity index (χ0n) is 19.6. The van der Waals surface area contributed by atoms with Crippen molar-refractivity contribution in [1.82, 2.24) is 0 Å². The summed E-state index contributed by atoms with van der Waals surface area (Å²) < 4.78 is 0. The van der Waals surface area contributed by atoms with Crippen LogP contribution in [0.15, 0.2) is 0 Å². The number of hydrogen-bond acceptors (Lipinski definition) is 0. The third kappa shape index (κ3) is 2.11. The molecule has 0 aliphatic carbocycles. The lowest BCUT2D eigenvalue weighted by atomic mass is 9.47. The molecular formula is C24H50Si. The first-order valence-corrected chi connectivity index (χ1v) is 14.3. The molecule has 0 bridgehead atoms. The predicted octanol–water partition coefficient (Wildman–Crippen LogP) is 9.22. The van der Waals surface area contributed by atoms with Crippen molar-refractivity contribution in [3.8, 4) is 0 Å². The molecule has 150 valence electrons. The molecule has 0 saturated carbocycles. The summed E-state index contributed by atoms with van der Waals surface area (Å²) in [5.41, 5.74) is 1.08. The van der Waals surface area contributed by atoms with E-state index in [2.05, 4.69) is 69.2 Å². The second-order valence-electron chi connectivity index (χ2n) is 8.95. The number of hydrogen-bond donors (Lipinski definition) is 0. The van der Waals surface area contributed by atoms with Crippen LogP contribution in [0.3, 0.4) is 0 Å². The Morgan fingerprint density at radius 1 is 0.400 bits per heavy atom. The zero-order chi connectivity index (χ0) is 19.6. The van der Waals surface area contributed by atoms with E-state index in [1.165, 1.54) is 63.5 Å². The van der Waals surface area contributed by atoms with Crippen molar-refractivity contribution in [2.24, 2.45) is 10.8 Å². The third-order valence-electron chi connectivity index (χ3n) is 10.6. The monoisotopic (exact) mass is 366 g/mol. The van der Waals surface area contributed by atoms with Gasteiger partial charge in [-0.25, -0.2) is 0 Å². The van der Waals surface area contributed by atoms with Crippen LogP contribution in [0, 0.1) is 10.8 Å². The summed E-state index contributed by atoms with van der Waals surface area (Å²) in [5.74, 6) is 0. The highest BCUT2D eigenvalue weighted by Crippen LogP contribution is 2.89. The molecule has 1 saturated heterocycles. The first kappa shape index (κ1) is 23.3. The fraction of sp³-hybridized carbons (Fsp3) is 1.00. The Labute approximate surface area is 162 Å². The quantitative estimate of drug-likeness (QED) is 0.338. The lowest BCUT2D eigenvalue weighted by Gasteiger charge is -2.58. The van der Waals surface area contributed by atoms with E-state index in [0.717, 1.165) is 0 Å². The average Bonchev–Trinajstić information content (AvgIpc) is 2.84. The highest BCUT2D eigenvalue weighted by molar-refractivity contribution is 6.86. The molecule has 1 fully saturated rings. The Morgan fingerprint density at radius 3 is 0.760 bits per heavy atom. The van der Waals surface area contributed by atoms with Crippen molar-refractivity contribution in [2.45, 2.75) is 143 Å². The van der Waals surface area contributed by atoms with E-state index in [9.17, 15) is 0 Å². The van der Waals surface area contributed by atoms with E-state index in [1.807, 2.05) is 0 Å². The molecule has 1 rings (SSSR count). The predicted molar refractivity (Wildman–Crippen MR) is 119 cm³/mol. The Bertz CT molecular complexity index is 289. The van der Waals surface area contributed by atoms with Crippen LogP contribution in [-0.4, -0.2) is 8.07 Å². The lowest BCUT2D eigenvalue weighted by molar-refractivity contribution is -0.0446. The molecule has 0 amide bonds. The molecule has 1 heterocycles. The van der Waals surface area contributed by atoms with Crippen LogP contribution < -0.4 is 0 Å². The summed E-state index contributed by atoms with van der Waals surface area (Å²) in [6.45, 7) is 25.6. The molecular weight excluding hydrogens is 316 g/mol. The van der Waals surface area contributed by atoms with Crippen LogP contribution in [0.2, 0.25) is 22.2 Å². The molecule has 0 aromatic heterocycles. The minimum atomic E-state index is -1.49. The summed E-state index contributed by atoms with van der Waals surface area (Å²) in [4.78, 5) is 0. The topological polar surface area (TPSA) is 0 Å². The molecule has 25 heavy (non-hydrogen) atoms. The minimum absolute atomic E-state index is 0.539. The maximum Gasteiger partial charge on any atom is 0.0665 e. The Kier molecular flexibility index (Phi) is 7.51. The van der Waals surface area contributed by atoms with E-state index in [0.29, 0.717) is 20.9 Å². The van der Waals surface area contributed by atoms with Crippen LogP contribution in [-0.2, 0) is 0 Å². The SMILES string of the molecule is CCC1(CC)C(CC)(CC)C(CC)(CC)[Si](CC)(CC)C1(CC)CC. The summed E-state index contributed by atoms with van der Waals surface area (Å²) in [7, 11) is -1.49. The van der Waals surface area contributed by atoms with Crippen LogP contribution >= 0.6 is 0 Å². The van der Waals surface area contributed by atoms with Crippen molar-refractivity contribution < 1.29 is 0 Å². The molecule has 0 unspecified atom stereocenters. The van der Waals surface area contributed by atoms with E-state index in [4.69, 9.17) is 0 Å². The molecule has 0 spiro atoms. The molecule has 0 atom stereocenters. The van der Waals surface area contributed by atoms with Crippen molar-refractivity contribution in [2.75, 3.05) is 0 Å². The molecule has 1 heteroatoms. The minimum Gasteiger partial charge on any atom is -0.0677 e. The first-order valence-electron chi connectivity index (χ1n) is 11.9. The molecule has 0 radical (unpaired) electrons. The second kappa shape index (κ2) is 8.07. The van der Waals surface area contributed by atoms with Crippen molar-refractivity contribution in [3.05, 3.63) is 0 Å².